The van der Waals surface area contributed by atoms with Crippen LogP contribution in [0.1, 0.15) is 27.7 Å². The molecule has 0 fully saturated rings. The first-order valence-corrected chi connectivity index (χ1v) is 4.71. The van der Waals surface area contributed by atoms with Gasteiger partial charge in [-0.25, -0.2) is 4.79 Å². The van der Waals surface area contributed by atoms with E-state index < -0.39 is 24.4 Å². The summed E-state index contributed by atoms with van der Waals surface area (Å²) in [5.74, 6) is -2.88. The standard InChI is InChI=1S/C11H13NO4/c1-8(6-10(13)14)9-4-2-3-5-12(9)7-11(15)16/h2-5,8H,6-7H2,1H3,(H-,13,14,15,16)/p+1/i7D2/hD. The molecule has 1 rings (SSSR count). The Morgan fingerprint density at radius 3 is 2.94 bits per heavy atom. The number of nitrogens with zero attached hydrogens (tertiary/aromatic N) is 1. The first kappa shape index (κ1) is 8.27. The summed E-state index contributed by atoms with van der Waals surface area (Å²) in [4.78, 5) is 22.0. The fourth-order valence-corrected chi connectivity index (χ4v) is 1.42. The molecule has 0 spiro atoms. The second-order valence-corrected chi connectivity index (χ2v) is 3.39. The summed E-state index contributed by atoms with van der Waals surface area (Å²) >= 11 is 0. The quantitative estimate of drug-likeness (QED) is 0.723. The van der Waals surface area contributed by atoms with E-state index in [1.54, 1.807) is 13.0 Å². The van der Waals surface area contributed by atoms with Gasteiger partial charge in [0.05, 0.1) is 12.3 Å². The van der Waals surface area contributed by atoms with Crippen LogP contribution in [0, 0.1) is 0 Å². The summed E-state index contributed by atoms with van der Waals surface area (Å²) in [6.07, 6.45) is 1.11. The van der Waals surface area contributed by atoms with Crippen LogP contribution in [0.2, 0.25) is 0 Å². The molecular formula is C11H14NO4+. The highest BCUT2D eigenvalue weighted by Gasteiger charge is 2.21. The SMILES string of the molecule is [2H]OC(=O)C([2H])([2H])[n+]1ccccc1C(C)CC(=O)O. The molecule has 1 aromatic heterocycles. The van der Waals surface area contributed by atoms with Gasteiger partial charge in [-0.2, -0.15) is 4.57 Å². The highest BCUT2D eigenvalue weighted by atomic mass is 16.4. The van der Waals surface area contributed by atoms with E-state index in [2.05, 4.69) is 5.11 Å². The van der Waals surface area contributed by atoms with E-state index in [-0.39, 0.29) is 6.42 Å². The Morgan fingerprint density at radius 1 is 1.56 bits per heavy atom. The average Bonchev–Trinajstić information content (AvgIpc) is 2.36. The normalized spacial score (nSPS) is 15.4. The summed E-state index contributed by atoms with van der Waals surface area (Å²) in [5.41, 5.74) is 0.334. The third kappa shape index (κ3) is 3.34. The Bertz CT molecular complexity index is 493. The topological polar surface area (TPSA) is 78.5 Å². The predicted octanol–water partition coefficient (Wildman–Crippen LogP) is 0.637. The molecule has 1 atom stereocenters. The maximum absolute atomic E-state index is 11.3. The van der Waals surface area contributed by atoms with Crippen molar-refractivity contribution in [3.8, 4) is 0 Å². The molecule has 5 nitrogen and oxygen atoms in total. The van der Waals surface area contributed by atoms with Crippen LogP contribution < -0.4 is 4.57 Å². The molecular weight excluding hydrogens is 210 g/mol. The minimum Gasteiger partial charge on any atom is -0.481 e. The molecule has 0 aromatic carbocycles. The molecule has 5 heteroatoms. The van der Waals surface area contributed by atoms with Gasteiger partial charge < -0.3 is 10.2 Å². The molecule has 0 radical (unpaired) electrons. The first-order chi connectivity index (χ1) is 8.80. The van der Waals surface area contributed by atoms with E-state index in [0.717, 1.165) is 4.57 Å². The monoisotopic (exact) mass is 227 g/mol. The molecule has 0 saturated carbocycles. The van der Waals surface area contributed by atoms with E-state index >= 15 is 0 Å². The van der Waals surface area contributed by atoms with Gasteiger partial charge in [0, 0.05) is 12.1 Å². The fourth-order valence-electron chi connectivity index (χ4n) is 1.42. The molecule has 0 aliphatic rings. The zero-order valence-corrected chi connectivity index (χ0v) is 8.71. The molecule has 0 aliphatic carbocycles. The van der Waals surface area contributed by atoms with Gasteiger partial charge in [-0.1, -0.05) is 13.0 Å². The highest BCUT2D eigenvalue weighted by Crippen LogP contribution is 2.14. The van der Waals surface area contributed by atoms with Crippen LogP contribution in [0.25, 0.3) is 1.43 Å². The second kappa shape index (κ2) is 5.25. The Kier molecular flexibility index (Phi) is 2.71. The van der Waals surface area contributed by atoms with Crippen LogP contribution >= 0.6 is 0 Å². The van der Waals surface area contributed by atoms with Crippen molar-refractivity contribution in [3.05, 3.63) is 30.1 Å². The number of carbonyl (C=O) groups is 2. The lowest BCUT2D eigenvalue weighted by Crippen LogP contribution is -2.42. The number of carboxylic acid groups (broad SMARTS) is 2. The lowest BCUT2D eigenvalue weighted by atomic mass is 10.0. The van der Waals surface area contributed by atoms with Gasteiger partial charge in [-0.05, 0) is 0 Å². The molecule has 0 aliphatic heterocycles. The van der Waals surface area contributed by atoms with Crippen LogP contribution in [-0.4, -0.2) is 22.2 Å². The van der Waals surface area contributed by atoms with E-state index in [1.165, 1.54) is 18.3 Å². The number of pyridine rings is 1. The predicted molar refractivity (Wildman–Crippen MR) is 54.9 cm³/mol. The summed E-state index contributed by atoms with van der Waals surface area (Å²) < 4.78 is 22.8. The third-order valence-electron chi connectivity index (χ3n) is 2.09. The third-order valence-corrected chi connectivity index (χ3v) is 2.09. The number of carboxylic acids is 2. The molecule has 0 bridgehead atoms. The minimum absolute atomic E-state index is 0.198. The van der Waals surface area contributed by atoms with E-state index in [9.17, 15) is 9.59 Å². The van der Waals surface area contributed by atoms with Crippen molar-refractivity contribution >= 4 is 11.9 Å². The summed E-state index contributed by atoms with van der Waals surface area (Å²) in [6, 6.07) is 4.65. The number of aliphatic carboxylic acids is 2. The van der Waals surface area contributed by atoms with Gasteiger partial charge >= 0.3 is 11.9 Å². The van der Waals surface area contributed by atoms with Crippen molar-refractivity contribution in [3.63, 3.8) is 0 Å². The molecule has 1 aromatic rings. The largest absolute Gasteiger partial charge is 0.481 e. The summed E-state index contributed by atoms with van der Waals surface area (Å²) in [5, 5.41) is 12.5. The smallest absolute Gasteiger partial charge is 0.370 e. The summed E-state index contributed by atoms with van der Waals surface area (Å²) in [7, 11) is 0. The van der Waals surface area contributed by atoms with Crippen molar-refractivity contribution in [2.24, 2.45) is 0 Å². The lowest BCUT2D eigenvalue weighted by Gasteiger charge is -2.07. The zero-order valence-electron chi connectivity index (χ0n) is 11.7. The number of rotatable bonds is 5. The van der Waals surface area contributed by atoms with Gasteiger partial charge in [-0.15, -0.1) is 0 Å². The second-order valence-electron chi connectivity index (χ2n) is 3.39. The van der Waals surface area contributed by atoms with Gasteiger partial charge in [0.25, 0.3) is 1.43 Å². The average molecular weight is 227 g/mol. The van der Waals surface area contributed by atoms with E-state index in [4.69, 9.17) is 9.28 Å². The Morgan fingerprint density at radius 2 is 2.31 bits per heavy atom. The van der Waals surface area contributed by atoms with Gasteiger partial charge in [0.1, 0.15) is 2.74 Å². The van der Waals surface area contributed by atoms with E-state index in [0.29, 0.717) is 5.69 Å². The minimum atomic E-state index is -2.56. The van der Waals surface area contributed by atoms with E-state index in [1.807, 2.05) is 0 Å². The maximum Gasteiger partial charge on any atom is 0.370 e. The Labute approximate surface area is 97.3 Å². The number of hydrogen-bond acceptors (Lipinski definition) is 3. The number of aromatic nitrogens is 1. The molecule has 1 heterocycles. The van der Waals surface area contributed by atoms with Crippen molar-refractivity contribution < 1.29 is 27.1 Å². The van der Waals surface area contributed by atoms with Crippen molar-refractivity contribution in [1.82, 2.24) is 0 Å². The Balaban J connectivity index is 3.22. The van der Waals surface area contributed by atoms with Crippen LogP contribution in [0.15, 0.2) is 24.4 Å². The van der Waals surface area contributed by atoms with Crippen molar-refractivity contribution in [1.29, 1.82) is 1.43 Å². The highest BCUT2D eigenvalue weighted by molar-refractivity contribution is 5.67. The van der Waals surface area contributed by atoms with Crippen LogP contribution in [-0.2, 0) is 16.1 Å². The number of hydrogen-bond donors (Lipinski definition) is 2. The molecule has 16 heavy (non-hydrogen) atoms. The van der Waals surface area contributed by atoms with Gasteiger partial charge in [-0.3, -0.25) is 4.79 Å². The lowest BCUT2D eigenvalue weighted by molar-refractivity contribution is -0.694. The van der Waals surface area contributed by atoms with Crippen molar-refractivity contribution in [2.45, 2.75) is 25.8 Å². The van der Waals surface area contributed by atoms with Crippen LogP contribution in [0.5, 0.6) is 0 Å². The maximum atomic E-state index is 11.3. The zero-order chi connectivity index (χ0) is 14.6. The molecule has 0 saturated heterocycles. The molecule has 1 unspecified atom stereocenters. The van der Waals surface area contributed by atoms with Crippen molar-refractivity contribution in [2.75, 3.05) is 0 Å². The molecule has 2 N–H and O–H groups in total. The van der Waals surface area contributed by atoms with Crippen LogP contribution in [0.3, 0.4) is 0 Å². The first-order valence-electron chi connectivity index (χ1n) is 6.12. The Hall–Kier alpha value is -1.91. The van der Waals surface area contributed by atoms with Crippen LogP contribution in [0.4, 0.5) is 0 Å². The molecule has 86 valence electrons. The molecule has 0 amide bonds. The van der Waals surface area contributed by atoms with Gasteiger partial charge in [0.2, 0.25) is 6.50 Å². The summed E-state index contributed by atoms with van der Waals surface area (Å²) in [6.45, 7) is -0.951. The van der Waals surface area contributed by atoms with Gasteiger partial charge in [0.15, 0.2) is 11.9 Å². The fraction of sp³-hybridized carbons (Fsp3) is 0.364.